The van der Waals surface area contributed by atoms with Crippen molar-refractivity contribution >= 4 is 5.97 Å². The maximum atomic E-state index is 12.8. The monoisotopic (exact) mass is 382 g/mol. The van der Waals surface area contributed by atoms with Crippen molar-refractivity contribution in [1.29, 1.82) is 0 Å². The van der Waals surface area contributed by atoms with Crippen molar-refractivity contribution in [1.82, 2.24) is 0 Å². The highest BCUT2D eigenvalue weighted by molar-refractivity contribution is 5.76. The Morgan fingerprint density at radius 1 is 0.593 bits per heavy atom. The molecule has 2 heteroatoms. The van der Waals surface area contributed by atoms with E-state index in [4.69, 9.17) is 4.74 Å². The molecule has 1 atom stereocenters. The van der Waals surface area contributed by atoms with E-state index in [1.54, 1.807) is 0 Å². The molecule has 0 aromatic carbocycles. The minimum absolute atomic E-state index is 0.0705. The lowest BCUT2D eigenvalue weighted by Crippen LogP contribution is -2.30. The summed E-state index contributed by atoms with van der Waals surface area (Å²) < 4.78 is 5.73. The molecule has 0 spiro atoms. The first-order valence-electron chi connectivity index (χ1n) is 12.3. The lowest BCUT2D eigenvalue weighted by molar-refractivity contribution is -0.156. The van der Waals surface area contributed by atoms with Crippen molar-refractivity contribution in [2.45, 2.75) is 143 Å². The predicted octanol–water partition coefficient (Wildman–Crippen LogP) is 8.62. The maximum Gasteiger partial charge on any atom is 0.311 e. The molecule has 0 aliphatic heterocycles. The van der Waals surface area contributed by atoms with Gasteiger partial charge in [0.25, 0.3) is 0 Å². The summed E-state index contributed by atoms with van der Waals surface area (Å²) in [6, 6.07) is 0. The second-order valence-electron chi connectivity index (χ2n) is 8.79. The van der Waals surface area contributed by atoms with E-state index < -0.39 is 0 Å². The summed E-state index contributed by atoms with van der Waals surface area (Å²) in [5, 5.41) is 0. The van der Waals surface area contributed by atoms with Crippen molar-refractivity contribution in [2.75, 3.05) is 6.61 Å². The fourth-order valence-corrected chi connectivity index (χ4v) is 3.79. The van der Waals surface area contributed by atoms with E-state index in [0.29, 0.717) is 6.61 Å². The van der Waals surface area contributed by atoms with Gasteiger partial charge in [-0.1, -0.05) is 117 Å². The van der Waals surface area contributed by atoms with Gasteiger partial charge in [-0.3, -0.25) is 4.79 Å². The van der Waals surface area contributed by atoms with Gasteiger partial charge in [0.2, 0.25) is 0 Å². The summed E-state index contributed by atoms with van der Waals surface area (Å²) in [5.41, 5.74) is -0.263. The zero-order chi connectivity index (χ0) is 20.2. The Balaban J connectivity index is 4.21. The smallest absolute Gasteiger partial charge is 0.311 e. The lowest BCUT2D eigenvalue weighted by Gasteiger charge is -2.27. The van der Waals surface area contributed by atoms with Crippen LogP contribution < -0.4 is 0 Å². The van der Waals surface area contributed by atoms with Crippen LogP contribution in [-0.2, 0) is 9.53 Å². The van der Waals surface area contributed by atoms with Gasteiger partial charge in [-0.15, -0.1) is 0 Å². The number of esters is 1. The van der Waals surface area contributed by atoms with Gasteiger partial charge in [0.05, 0.1) is 12.0 Å². The summed E-state index contributed by atoms with van der Waals surface area (Å²) in [7, 11) is 0. The van der Waals surface area contributed by atoms with Crippen LogP contribution in [0.1, 0.15) is 143 Å². The van der Waals surface area contributed by atoms with Gasteiger partial charge in [-0.05, 0) is 26.2 Å². The molecule has 0 rings (SSSR count). The number of hydrogen-bond donors (Lipinski definition) is 0. The van der Waals surface area contributed by atoms with Crippen LogP contribution in [0.25, 0.3) is 0 Å². The highest BCUT2D eigenvalue weighted by Crippen LogP contribution is 2.33. The molecule has 27 heavy (non-hydrogen) atoms. The minimum Gasteiger partial charge on any atom is -0.465 e. The van der Waals surface area contributed by atoms with E-state index in [2.05, 4.69) is 27.7 Å². The number of hydrogen-bond acceptors (Lipinski definition) is 2. The van der Waals surface area contributed by atoms with Gasteiger partial charge in [0.15, 0.2) is 0 Å². The first kappa shape index (κ1) is 26.5. The minimum atomic E-state index is -0.263. The second kappa shape index (κ2) is 18.8. The first-order chi connectivity index (χ1) is 13.1. The molecule has 0 amide bonds. The van der Waals surface area contributed by atoms with Crippen molar-refractivity contribution in [2.24, 2.45) is 5.41 Å². The molecule has 0 saturated heterocycles. The molecule has 2 nitrogen and oxygen atoms in total. The predicted molar refractivity (Wildman–Crippen MR) is 119 cm³/mol. The molecule has 0 aliphatic rings. The van der Waals surface area contributed by atoms with E-state index in [-0.39, 0.29) is 11.4 Å². The van der Waals surface area contributed by atoms with Gasteiger partial charge in [-0.25, -0.2) is 0 Å². The molecule has 0 aliphatic carbocycles. The highest BCUT2D eigenvalue weighted by Gasteiger charge is 2.33. The molecule has 0 saturated carbocycles. The topological polar surface area (TPSA) is 26.3 Å². The summed E-state index contributed by atoms with van der Waals surface area (Å²) in [6.45, 7) is 9.52. The number of carbonyl (C=O) groups is 1. The zero-order valence-corrected chi connectivity index (χ0v) is 19.3. The normalized spacial score (nSPS) is 13.5. The van der Waals surface area contributed by atoms with E-state index in [9.17, 15) is 4.79 Å². The number of rotatable bonds is 20. The van der Waals surface area contributed by atoms with Crippen LogP contribution in [0.2, 0.25) is 0 Å². The van der Waals surface area contributed by atoms with Gasteiger partial charge < -0.3 is 4.74 Å². The Hall–Kier alpha value is -0.530. The highest BCUT2D eigenvalue weighted by atomic mass is 16.5. The Bertz CT molecular complexity index is 326. The quantitative estimate of drug-likeness (QED) is 0.155. The summed E-state index contributed by atoms with van der Waals surface area (Å²) in [4.78, 5) is 12.8. The van der Waals surface area contributed by atoms with Crippen molar-refractivity contribution in [3.8, 4) is 0 Å². The SMILES string of the molecule is CCCCCCCCOC(=O)C(C)(CCCCCC)CCCCCCCC. The molecule has 0 aromatic heterocycles. The Morgan fingerprint density at radius 3 is 1.44 bits per heavy atom. The molecule has 162 valence electrons. The zero-order valence-electron chi connectivity index (χ0n) is 19.3. The Morgan fingerprint density at radius 2 is 0.963 bits per heavy atom. The fraction of sp³-hybridized carbons (Fsp3) is 0.960. The lowest BCUT2D eigenvalue weighted by atomic mass is 9.79. The third kappa shape index (κ3) is 15.1. The standard InChI is InChI=1S/C25H50O2/c1-5-8-11-14-16-19-22-25(4,21-18-13-10-7-3)24(26)27-23-20-17-15-12-9-6-2/h5-23H2,1-4H3. The average Bonchev–Trinajstić information content (AvgIpc) is 2.67. The van der Waals surface area contributed by atoms with Crippen LogP contribution in [0.5, 0.6) is 0 Å². The molecular weight excluding hydrogens is 332 g/mol. The largest absolute Gasteiger partial charge is 0.465 e. The third-order valence-corrected chi connectivity index (χ3v) is 5.89. The summed E-state index contributed by atoms with van der Waals surface area (Å²) >= 11 is 0. The van der Waals surface area contributed by atoms with Crippen LogP contribution in [0.4, 0.5) is 0 Å². The molecule has 0 heterocycles. The fourth-order valence-electron chi connectivity index (χ4n) is 3.79. The molecule has 0 bridgehead atoms. The molecule has 1 unspecified atom stereocenters. The third-order valence-electron chi connectivity index (χ3n) is 5.89. The Kier molecular flexibility index (Phi) is 18.4. The van der Waals surface area contributed by atoms with Crippen LogP contribution in [-0.4, -0.2) is 12.6 Å². The Labute approximate surface area is 171 Å². The molecule has 0 radical (unpaired) electrons. The van der Waals surface area contributed by atoms with Crippen molar-refractivity contribution in [3.63, 3.8) is 0 Å². The first-order valence-corrected chi connectivity index (χ1v) is 12.3. The van der Waals surface area contributed by atoms with Gasteiger partial charge in [0, 0.05) is 0 Å². The van der Waals surface area contributed by atoms with Crippen molar-refractivity contribution < 1.29 is 9.53 Å². The van der Waals surface area contributed by atoms with Crippen LogP contribution in [0, 0.1) is 5.41 Å². The number of carbonyl (C=O) groups excluding carboxylic acids is 1. The number of unbranched alkanes of at least 4 members (excludes halogenated alkanes) is 13. The van der Waals surface area contributed by atoms with Crippen molar-refractivity contribution in [3.05, 3.63) is 0 Å². The van der Waals surface area contributed by atoms with E-state index in [1.807, 2.05) is 0 Å². The van der Waals surface area contributed by atoms with E-state index in [1.165, 1.54) is 89.9 Å². The molecular formula is C25H50O2. The molecule has 0 aromatic rings. The van der Waals surface area contributed by atoms with Gasteiger partial charge >= 0.3 is 5.97 Å². The average molecular weight is 383 g/mol. The van der Waals surface area contributed by atoms with Gasteiger partial charge in [0.1, 0.15) is 0 Å². The summed E-state index contributed by atoms with van der Waals surface area (Å²) in [5.74, 6) is 0.0705. The second-order valence-corrected chi connectivity index (χ2v) is 8.79. The molecule has 0 N–H and O–H groups in total. The van der Waals surface area contributed by atoms with Crippen LogP contribution in [0.15, 0.2) is 0 Å². The van der Waals surface area contributed by atoms with E-state index in [0.717, 1.165) is 25.7 Å². The molecule has 0 fully saturated rings. The maximum absolute atomic E-state index is 12.8. The van der Waals surface area contributed by atoms with E-state index >= 15 is 0 Å². The number of ether oxygens (including phenoxy) is 1. The van der Waals surface area contributed by atoms with Gasteiger partial charge in [-0.2, -0.15) is 0 Å². The van der Waals surface area contributed by atoms with Crippen LogP contribution >= 0.6 is 0 Å². The summed E-state index contributed by atoms with van der Waals surface area (Å²) in [6.07, 6.45) is 22.1. The van der Waals surface area contributed by atoms with Crippen LogP contribution in [0.3, 0.4) is 0 Å².